The monoisotopic (exact) mass is 172 g/mol. The van der Waals surface area contributed by atoms with E-state index in [0.29, 0.717) is 12.5 Å². The summed E-state index contributed by atoms with van der Waals surface area (Å²) in [6.07, 6.45) is 1.00. The normalized spacial score (nSPS) is 30.6. The van der Waals surface area contributed by atoms with E-state index in [1.807, 2.05) is 0 Å². The first-order chi connectivity index (χ1) is 5.65. The van der Waals surface area contributed by atoms with Crippen molar-refractivity contribution in [3.63, 3.8) is 0 Å². The fraction of sp³-hybridized carbons (Fsp3) is 0.889. The first-order valence-corrected chi connectivity index (χ1v) is 4.49. The molecule has 0 aliphatic heterocycles. The van der Waals surface area contributed by atoms with Gasteiger partial charge >= 0.3 is 5.97 Å². The number of hydrogen-bond donors (Lipinski definition) is 1. The molecule has 12 heavy (non-hydrogen) atoms. The predicted octanol–water partition coefficient (Wildman–Crippen LogP) is 0.956. The van der Waals surface area contributed by atoms with Gasteiger partial charge in [0.05, 0.1) is 6.61 Å². The third kappa shape index (κ3) is 1.97. The lowest BCUT2D eigenvalue weighted by atomic mass is 9.73. The Bertz CT molecular complexity index is 161. The van der Waals surface area contributed by atoms with Crippen molar-refractivity contribution in [3.8, 4) is 0 Å². The SMILES string of the molecule is CCOC(=O)C(O)C1CC(C)C1. The summed E-state index contributed by atoms with van der Waals surface area (Å²) in [4.78, 5) is 11.0. The Morgan fingerprint density at radius 2 is 2.25 bits per heavy atom. The molecule has 0 aromatic heterocycles. The number of hydrogen-bond acceptors (Lipinski definition) is 3. The lowest BCUT2D eigenvalue weighted by Crippen LogP contribution is -2.38. The minimum Gasteiger partial charge on any atom is -0.464 e. The maximum absolute atomic E-state index is 11.0. The maximum atomic E-state index is 11.0. The van der Waals surface area contributed by atoms with Gasteiger partial charge in [-0.3, -0.25) is 0 Å². The predicted molar refractivity (Wildman–Crippen MR) is 44.5 cm³/mol. The fourth-order valence-electron chi connectivity index (χ4n) is 1.64. The molecule has 0 saturated heterocycles. The lowest BCUT2D eigenvalue weighted by Gasteiger charge is -2.34. The third-order valence-electron chi connectivity index (χ3n) is 2.38. The summed E-state index contributed by atoms with van der Waals surface area (Å²) in [5.74, 6) is 0.326. The van der Waals surface area contributed by atoms with Gasteiger partial charge < -0.3 is 9.84 Å². The van der Waals surface area contributed by atoms with Crippen LogP contribution in [0.15, 0.2) is 0 Å². The van der Waals surface area contributed by atoms with Crippen molar-refractivity contribution < 1.29 is 14.6 Å². The highest BCUT2D eigenvalue weighted by Crippen LogP contribution is 2.35. The number of esters is 1. The molecule has 0 heterocycles. The van der Waals surface area contributed by atoms with E-state index in [1.54, 1.807) is 6.92 Å². The third-order valence-corrected chi connectivity index (χ3v) is 2.38. The van der Waals surface area contributed by atoms with Gasteiger partial charge in [0.15, 0.2) is 6.10 Å². The minimum absolute atomic E-state index is 0.138. The summed E-state index contributed by atoms with van der Waals surface area (Å²) < 4.78 is 4.71. The Hall–Kier alpha value is -0.570. The van der Waals surface area contributed by atoms with Gasteiger partial charge in [-0.2, -0.15) is 0 Å². The summed E-state index contributed by atoms with van der Waals surface area (Å²) >= 11 is 0. The van der Waals surface area contributed by atoms with Crippen LogP contribution in [0, 0.1) is 11.8 Å². The zero-order valence-electron chi connectivity index (χ0n) is 7.62. The molecule has 1 aliphatic carbocycles. The van der Waals surface area contributed by atoms with E-state index >= 15 is 0 Å². The van der Waals surface area contributed by atoms with Crippen molar-refractivity contribution in [2.24, 2.45) is 11.8 Å². The molecular weight excluding hydrogens is 156 g/mol. The molecule has 1 fully saturated rings. The number of carbonyl (C=O) groups excluding carboxylic acids is 1. The van der Waals surface area contributed by atoms with E-state index in [1.165, 1.54) is 0 Å². The van der Waals surface area contributed by atoms with Crippen LogP contribution in [0.1, 0.15) is 26.7 Å². The van der Waals surface area contributed by atoms with E-state index in [-0.39, 0.29) is 5.92 Å². The van der Waals surface area contributed by atoms with Crippen LogP contribution in [0.3, 0.4) is 0 Å². The molecule has 1 saturated carbocycles. The summed E-state index contributed by atoms with van der Waals surface area (Å²) in [7, 11) is 0. The number of rotatable bonds is 3. The number of ether oxygens (including phenoxy) is 1. The molecule has 1 rings (SSSR count). The molecule has 1 aliphatic rings. The Morgan fingerprint density at radius 1 is 1.67 bits per heavy atom. The maximum Gasteiger partial charge on any atom is 0.335 e. The smallest absolute Gasteiger partial charge is 0.335 e. The van der Waals surface area contributed by atoms with E-state index in [9.17, 15) is 9.90 Å². The Balaban J connectivity index is 2.27. The van der Waals surface area contributed by atoms with E-state index < -0.39 is 12.1 Å². The molecule has 0 bridgehead atoms. The van der Waals surface area contributed by atoms with Crippen molar-refractivity contribution in [2.45, 2.75) is 32.8 Å². The molecule has 0 spiro atoms. The first-order valence-electron chi connectivity index (χ1n) is 4.49. The second-order valence-electron chi connectivity index (χ2n) is 3.53. The number of aliphatic hydroxyl groups is 1. The van der Waals surface area contributed by atoms with Gasteiger partial charge in [0.1, 0.15) is 0 Å². The van der Waals surface area contributed by atoms with Crippen LogP contribution in [0.2, 0.25) is 0 Å². The van der Waals surface area contributed by atoms with E-state index in [0.717, 1.165) is 12.8 Å². The van der Waals surface area contributed by atoms with Crippen molar-refractivity contribution in [1.82, 2.24) is 0 Å². The van der Waals surface area contributed by atoms with Crippen LogP contribution in [-0.2, 0) is 9.53 Å². The highest BCUT2D eigenvalue weighted by Gasteiger charge is 2.35. The molecule has 0 aromatic rings. The largest absolute Gasteiger partial charge is 0.464 e. The molecule has 1 unspecified atom stereocenters. The fourth-order valence-corrected chi connectivity index (χ4v) is 1.64. The number of aliphatic hydroxyl groups excluding tert-OH is 1. The van der Waals surface area contributed by atoms with Gasteiger partial charge in [-0.15, -0.1) is 0 Å². The van der Waals surface area contributed by atoms with Gasteiger partial charge in [-0.1, -0.05) is 6.92 Å². The van der Waals surface area contributed by atoms with Gasteiger partial charge in [0, 0.05) is 0 Å². The van der Waals surface area contributed by atoms with Gasteiger partial charge in [-0.25, -0.2) is 4.79 Å². The van der Waals surface area contributed by atoms with Gasteiger partial charge in [0.2, 0.25) is 0 Å². The topological polar surface area (TPSA) is 46.5 Å². The molecule has 1 N–H and O–H groups in total. The first kappa shape index (κ1) is 9.52. The van der Waals surface area contributed by atoms with E-state index in [2.05, 4.69) is 6.92 Å². The van der Waals surface area contributed by atoms with Crippen LogP contribution in [0.25, 0.3) is 0 Å². The van der Waals surface area contributed by atoms with Crippen molar-refractivity contribution in [1.29, 1.82) is 0 Å². The van der Waals surface area contributed by atoms with Crippen LogP contribution in [0.5, 0.6) is 0 Å². The van der Waals surface area contributed by atoms with Crippen molar-refractivity contribution in [2.75, 3.05) is 6.61 Å². The molecule has 70 valence electrons. The van der Waals surface area contributed by atoms with Gasteiger partial charge in [-0.05, 0) is 31.6 Å². The second-order valence-corrected chi connectivity index (χ2v) is 3.53. The molecular formula is C9H16O3. The average molecular weight is 172 g/mol. The average Bonchev–Trinajstić information content (AvgIpc) is 1.98. The van der Waals surface area contributed by atoms with Crippen LogP contribution in [-0.4, -0.2) is 23.8 Å². The molecule has 1 atom stereocenters. The lowest BCUT2D eigenvalue weighted by molar-refractivity contribution is -0.159. The Morgan fingerprint density at radius 3 is 2.67 bits per heavy atom. The summed E-state index contributed by atoms with van der Waals surface area (Å²) in [5, 5.41) is 9.41. The number of carbonyl (C=O) groups is 1. The highest BCUT2D eigenvalue weighted by molar-refractivity contribution is 5.74. The molecule has 3 heteroatoms. The zero-order chi connectivity index (χ0) is 9.14. The molecule has 0 radical (unpaired) electrons. The molecule has 3 nitrogen and oxygen atoms in total. The van der Waals surface area contributed by atoms with E-state index in [4.69, 9.17) is 4.74 Å². The highest BCUT2D eigenvalue weighted by atomic mass is 16.5. The van der Waals surface area contributed by atoms with Crippen molar-refractivity contribution in [3.05, 3.63) is 0 Å². The Kier molecular flexibility index (Phi) is 3.09. The summed E-state index contributed by atoms with van der Waals surface area (Å²) in [6.45, 7) is 4.21. The van der Waals surface area contributed by atoms with Crippen LogP contribution < -0.4 is 0 Å². The second kappa shape index (κ2) is 3.90. The summed E-state index contributed by atoms with van der Waals surface area (Å²) in [6, 6.07) is 0. The molecule has 0 amide bonds. The molecule has 0 aromatic carbocycles. The zero-order valence-corrected chi connectivity index (χ0v) is 7.62. The van der Waals surface area contributed by atoms with Crippen molar-refractivity contribution >= 4 is 5.97 Å². The quantitative estimate of drug-likeness (QED) is 0.645. The van der Waals surface area contributed by atoms with Crippen LogP contribution in [0.4, 0.5) is 0 Å². The Labute approximate surface area is 72.7 Å². The standard InChI is InChI=1S/C9H16O3/c1-3-12-9(11)8(10)7-4-6(2)5-7/h6-8,10H,3-5H2,1-2H3. The minimum atomic E-state index is -0.888. The van der Waals surface area contributed by atoms with Crippen LogP contribution >= 0.6 is 0 Å². The summed E-state index contributed by atoms with van der Waals surface area (Å²) in [5.41, 5.74) is 0. The van der Waals surface area contributed by atoms with Gasteiger partial charge in [0.25, 0.3) is 0 Å².